The number of hydrogen-bond acceptors (Lipinski definition) is 5. The summed E-state index contributed by atoms with van der Waals surface area (Å²) in [6.07, 6.45) is 0.879. The van der Waals surface area contributed by atoms with Crippen LogP contribution in [0, 0.1) is 0 Å². The molecule has 0 spiro atoms. The maximum absolute atomic E-state index is 11.5. The predicted octanol–water partition coefficient (Wildman–Crippen LogP) is -0.664. The molecule has 6 heteroatoms. The fraction of sp³-hybridized carbons (Fsp3) is 0.818. The Morgan fingerprint density at radius 3 is 2.53 bits per heavy atom. The standard InChI is InChI=1S/C11H23N3O3/c1-3-7-14(9-11(16)17-4-2)8-10(15)13-6-5-12/h3-9,12H2,1-2H3,(H,13,15). The molecule has 6 nitrogen and oxygen atoms in total. The summed E-state index contributed by atoms with van der Waals surface area (Å²) in [6.45, 7) is 6.03. The topological polar surface area (TPSA) is 84.7 Å². The number of ether oxygens (including phenoxy) is 1. The Bertz CT molecular complexity index is 234. The van der Waals surface area contributed by atoms with Crippen molar-refractivity contribution in [3.05, 3.63) is 0 Å². The zero-order valence-corrected chi connectivity index (χ0v) is 10.7. The number of rotatable bonds is 9. The van der Waals surface area contributed by atoms with Crippen LogP contribution in [0.3, 0.4) is 0 Å². The largest absolute Gasteiger partial charge is 0.465 e. The summed E-state index contributed by atoms with van der Waals surface area (Å²) in [5, 5.41) is 2.67. The van der Waals surface area contributed by atoms with E-state index in [-0.39, 0.29) is 25.0 Å². The van der Waals surface area contributed by atoms with E-state index in [2.05, 4.69) is 5.32 Å². The van der Waals surface area contributed by atoms with E-state index in [1.165, 1.54) is 0 Å². The molecular weight excluding hydrogens is 222 g/mol. The number of esters is 1. The van der Waals surface area contributed by atoms with Gasteiger partial charge in [-0.1, -0.05) is 6.92 Å². The summed E-state index contributed by atoms with van der Waals surface area (Å²) >= 11 is 0. The third-order valence-electron chi connectivity index (χ3n) is 2.03. The fourth-order valence-corrected chi connectivity index (χ4v) is 1.39. The number of hydrogen-bond donors (Lipinski definition) is 2. The summed E-state index contributed by atoms with van der Waals surface area (Å²) in [5.74, 6) is -0.416. The highest BCUT2D eigenvalue weighted by atomic mass is 16.5. The first kappa shape index (κ1) is 15.9. The van der Waals surface area contributed by atoms with Gasteiger partial charge in [0.25, 0.3) is 0 Å². The van der Waals surface area contributed by atoms with Crippen molar-refractivity contribution >= 4 is 11.9 Å². The molecule has 0 bridgehead atoms. The third kappa shape index (κ3) is 8.65. The van der Waals surface area contributed by atoms with Crippen molar-refractivity contribution in [3.63, 3.8) is 0 Å². The Kier molecular flexibility index (Phi) is 9.37. The van der Waals surface area contributed by atoms with Gasteiger partial charge in [-0.05, 0) is 19.9 Å². The number of nitrogens with zero attached hydrogens (tertiary/aromatic N) is 1. The molecule has 0 fully saturated rings. The summed E-state index contributed by atoms with van der Waals surface area (Å²) in [5.41, 5.74) is 5.28. The van der Waals surface area contributed by atoms with Gasteiger partial charge in [-0.3, -0.25) is 14.5 Å². The molecule has 0 aliphatic carbocycles. The lowest BCUT2D eigenvalue weighted by atomic mass is 10.3. The molecular formula is C11H23N3O3. The first-order valence-electron chi connectivity index (χ1n) is 5.98. The first-order valence-corrected chi connectivity index (χ1v) is 5.98. The van der Waals surface area contributed by atoms with E-state index in [4.69, 9.17) is 10.5 Å². The molecule has 0 aliphatic heterocycles. The summed E-state index contributed by atoms with van der Waals surface area (Å²) in [6, 6.07) is 0. The number of nitrogens with two attached hydrogens (primary N) is 1. The average Bonchev–Trinajstić information content (AvgIpc) is 2.27. The number of nitrogens with one attached hydrogen (secondary N) is 1. The van der Waals surface area contributed by atoms with E-state index in [0.717, 1.165) is 6.42 Å². The Morgan fingerprint density at radius 1 is 1.29 bits per heavy atom. The number of carbonyl (C=O) groups excluding carboxylic acids is 2. The van der Waals surface area contributed by atoms with Crippen LogP contribution in [0.4, 0.5) is 0 Å². The molecule has 100 valence electrons. The smallest absolute Gasteiger partial charge is 0.320 e. The van der Waals surface area contributed by atoms with Gasteiger partial charge in [-0.25, -0.2) is 0 Å². The van der Waals surface area contributed by atoms with Crippen molar-refractivity contribution in [2.24, 2.45) is 5.73 Å². The van der Waals surface area contributed by atoms with E-state index in [9.17, 15) is 9.59 Å². The van der Waals surface area contributed by atoms with Gasteiger partial charge < -0.3 is 15.8 Å². The number of amides is 1. The maximum Gasteiger partial charge on any atom is 0.320 e. The van der Waals surface area contributed by atoms with Crippen molar-refractivity contribution in [2.45, 2.75) is 20.3 Å². The van der Waals surface area contributed by atoms with Crippen LogP contribution in [0.15, 0.2) is 0 Å². The molecule has 0 rings (SSSR count). The molecule has 3 N–H and O–H groups in total. The van der Waals surface area contributed by atoms with E-state index >= 15 is 0 Å². The second-order valence-electron chi connectivity index (χ2n) is 3.65. The second kappa shape index (κ2) is 10.0. The summed E-state index contributed by atoms with van der Waals surface area (Å²) in [4.78, 5) is 24.5. The lowest BCUT2D eigenvalue weighted by Crippen LogP contribution is -2.41. The van der Waals surface area contributed by atoms with Crippen LogP contribution < -0.4 is 11.1 Å². The van der Waals surface area contributed by atoms with Crippen LogP contribution in [-0.2, 0) is 14.3 Å². The molecule has 0 saturated carbocycles. The van der Waals surface area contributed by atoms with Crippen molar-refractivity contribution in [2.75, 3.05) is 39.3 Å². The van der Waals surface area contributed by atoms with Crippen LogP contribution in [-0.4, -0.2) is 56.1 Å². The Balaban J connectivity index is 4.04. The third-order valence-corrected chi connectivity index (χ3v) is 2.03. The second-order valence-corrected chi connectivity index (χ2v) is 3.65. The number of carbonyl (C=O) groups is 2. The zero-order chi connectivity index (χ0) is 13.1. The SMILES string of the molecule is CCCN(CC(=O)NCCN)CC(=O)OCC. The molecule has 0 heterocycles. The summed E-state index contributed by atoms with van der Waals surface area (Å²) in [7, 11) is 0. The molecule has 0 unspecified atom stereocenters. The van der Waals surface area contributed by atoms with Gasteiger partial charge in [0, 0.05) is 13.1 Å². The monoisotopic (exact) mass is 245 g/mol. The minimum absolute atomic E-state index is 0.117. The average molecular weight is 245 g/mol. The van der Waals surface area contributed by atoms with Gasteiger partial charge >= 0.3 is 5.97 Å². The normalized spacial score (nSPS) is 10.4. The predicted molar refractivity (Wildman–Crippen MR) is 65.4 cm³/mol. The minimum Gasteiger partial charge on any atom is -0.465 e. The molecule has 0 aromatic rings. The lowest BCUT2D eigenvalue weighted by molar-refractivity contribution is -0.144. The van der Waals surface area contributed by atoms with Crippen molar-refractivity contribution in [1.82, 2.24) is 10.2 Å². The fourth-order valence-electron chi connectivity index (χ4n) is 1.39. The molecule has 0 atom stereocenters. The van der Waals surface area contributed by atoms with Gasteiger partial charge in [0.05, 0.1) is 19.7 Å². The van der Waals surface area contributed by atoms with E-state index in [1.54, 1.807) is 11.8 Å². The maximum atomic E-state index is 11.5. The van der Waals surface area contributed by atoms with Gasteiger partial charge in [-0.2, -0.15) is 0 Å². The molecule has 0 aliphatic rings. The Morgan fingerprint density at radius 2 is 2.00 bits per heavy atom. The Labute approximate surface area is 102 Å². The Hall–Kier alpha value is -1.14. The molecule has 0 aromatic carbocycles. The first-order chi connectivity index (χ1) is 8.13. The highest BCUT2D eigenvalue weighted by Crippen LogP contribution is 1.93. The van der Waals surface area contributed by atoms with Crippen molar-refractivity contribution in [1.29, 1.82) is 0 Å². The molecule has 0 saturated heterocycles. The van der Waals surface area contributed by atoms with Gasteiger partial charge in [0.1, 0.15) is 0 Å². The van der Waals surface area contributed by atoms with E-state index < -0.39 is 0 Å². The van der Waals surface area contributed by atoms with Crippen LogP contribution in [0.2, 0.25) is 0 Å². The highest BCUT2D eigenvalue weighted by molar-refractivity contribution is 5.79. The highest BCUT2D eigenvalue weighted by Gasteiger charge is 2.13. The van der Waals surface area contributed by atoms with Crippen LogP contribution in [0.1, 0.15) is 20.3 Å². The quantitative estimate of drug-likeness (QED) is 0.527. The van der Waals surface area contributed by atoms with Crippen molar-refractivity contribution < 1.29 is 14.3 Å². The zero-order valence-electron chi connectivity index (χ0n) is 10.7. The summed E-state index contributed by atoms with van der Waals surface area (Å²) < 4.78 is 4.85. The lowest BCUT2D eigenvalue weighted by Gasteiger charge is -2.19. The molecule has 0 aromatic heterocycles. The van der Waals surface area contributed by atoms with E-state index in [1.807, 2.05) is 6.92 Å². The molecule has 0 radical (unpaired) electrons. The molecule has 17 heavy (non-hydrogen) atoms. The molecule has 1 amide bonds. The van der Waals surface area contributed by atoms with Gasteiger partial charge in [0.2, 0.25) is 5.91 Å². The van der Waals surface area contributed by atoms with Gasteiger partial charge in [0.15, 0.2) is 0 Å². The van der Waals surface area contributed by atoms with Crippen LogP contribution in [0.5, 0.6) is 0 Å². The minimum atomic E-state index is -0.299. The van der Waals surface area contributed by atoms with Gasteiger partial charge in [-0.15, -0.1) is 0 Å². The van der Waals surface area contributed by atoms with Crippen LogP contribution in [0.25, 0.3) is 0 Å². The van der Waals surface area contributed by atoms with Crippen molar-refractivity contribution in [3.8, 4) is 0 Å². The van der Waals surface area contributed by atoms with Crippen LogP contribution >= 0.6 is 0 Å². The van der Waals surface area contributed by atoms with E-state index in [0.29, 0.717) is 26.2 Å².